The van der Waals surface area contributed by atoms with E-state index < -0.39 is 15.9 Å². The summed E-state index contributed by atoms with van der Waals surface area (Å²) in [6.07, 6.45) is 0. The molecule has 174 valence electrons. The molecule has 3 aromatic rings. The molecule has 0 aliphatic heterocycles. The van der Waals surface area contributed by atoms with Gasteiger partial charge in [-0.3, -0.25) is 4.79 Å². The third-order valence-corrected chi connectivity index (χ3v) is 7.63. The molecule has 34 heavy (non-hydrogen) atoms. The fraction of sp³-hybridized carbons (Fsp3) is 0.240. The summed E-state index contributed by atoms with van der Waals surface area (Å²) in [6.45, 7) is 6.52. The van der Waals surface area contributed by atoms with Crippen LogP contribution in [0.3, 0.4) is 0 Å². The number of carbonyl (C=O) groups is 1. The third kappa shape index (κ3) is 7.24. The molecule has 9 heteroatoms. The molecular weight excluding hydrogens is 527 g/mol. The fourth-order valence-corrected chi connectivity index (χ4v) is 5.00. The zero-order chi connectivity index (χ0) is 24.2. The van der Waals surface area contributed by atoms with Crippen molar-refractivity contribution in [3.8, 4) is 0 Å². The second-order valence-electron chi connectivity index (χ2n) is 8.80. The first-order valence-electron chi connectivity index (χ1n) is 10.4. The Morgan fingerprint density at radius 2 is 1.35 bits per heavy atom. The van der Waals surface area contributed by atoms with Crippen molar-refractivity contribution in [2.75, 3.05) is 0 Å². The molecule has 0 atom stereocenters. The number of nitrogens with zero attached hydrogens (tertiary/aromatic N) is 1. The largest absolute Gasteiger partial charge is 1.00 e. The second-order valence-corrected chi connectivity index (χ2v) is 11.7. The van der Waals surface area contributed by atoms with Gasteiger partial charge in [-0.05, 0) is 58.5 Å². The van der Waals surface area contributed by atoms with Gasteiger partial charge < -0.3 is 10.7 Å². The standard InChI is InChI=1S/C25H26BrN2O4S.Na/c1-25(2,3)21-10-14-23(15-11-21)33(31,32)28(17-19-6-12-22(26)13-7-19)16-18-4-8-20(9-5-18)24(29)27-30;/h4-15H,16-17H2,1-3H3,(H-,27,29,30);/q-1;+1. The van der Waals surface area contributed by atoms with Crippen molar-refractivity contribution in [1.82, 2.24) is 9.79 Å². The van der Waals surface area contributed by atoms with Crippen LogP contribution in [0.25, 0.3) is 0 Å². The summed E-state index contributed by atoms with van der Waals surface area (Å²) in [6, 6.07) is 20.8. The van der Waals surface area contributed by atoms with Crippen LogP contribution in [0.4, 0.5) is 0 Å². The minimum atomic E-state index is -3.81. The Labute approximate surface area is 231 Å². The number of rotatable bonds is 7. The molecule has 0 spiro atoms. The zero-order valence-electron chi connectivity index (χ0n) is 19.7. The molecule has 1 N–H and O–H groups in total. The van der Waals surface area contributed by atoms with Crippen molar-refractivity contribution in [2.24, 2.45) is 0 Å². The van der Waals surface area contributed by atoms with Crippen molar-refractivity contribution in [1.29, 1.82) is 0 Å². The number of hydroxylamine groups is 1. The number of carbonyl (C=O) groups excluding carboxylic acids is 1. The predicted molar refractivity (Wildman–Crippen MR) is 133 cm³/mol. The van der Waals surface area contributed by atoms with Crippen LogP contribution in [0.1, 0.15) is 47.8 Å². The summed E-state index contributed by atoms with van der Waals surface area (Å²) in [5.74, 6) is -0.736. The fourth-order valence-electron chi connectivity index (χ4n) is 3.32. The van der Waals surface area contributed by atoms with Crippen molar-refractivity contribution in [3.05, 3.63) is 105 Å². The van der Waals surface area contributed by atoms with Crippen molar-refractivity contribution >= 4 is 31.9 Å². The Kier molecular flexibility index (Phi) is 10.1. The van der Waals surface area contributed by atoms with E-state index in [1.54, 1.807) is 24.3 Å². The average molecular weight is 553 g/mol. The SMILES string of the molecule is CC(C)(C)c1ccc(S(=O)(=O)N(Cc2ccc(Br)cc2)Cc2ccc(C(=O)N[O-])cc2)cc1.[Na+]. The van der Waals surface area contributed by atoms with Gasteiger partial charge in [0.15, 0.2) is 0 Å². The van der Waals surface area contributed by atoms with Crippen molar-refractivity contribution in [2.45, 2.75) is 44.2 Å². The molecule has 3 aromatic carbocycles. The van der Waals surface area contributed by atoms with Gasteiger partial charge >= 0.3 is 29.6 Å². The Hall–Kier alpha value is -1.52. The summed E-state index contributed by atoms with van der Waals surface area (Å²) in [4.78, 5) is 11.7. The molecule has 0 saturated heterocycles. The number of hydrogen-bond acceptors (Lipinski definition) is 4. The first-order valence-corrected chi connectivity index (χ1v) is 12.6. The topological polar surface area (TPSA) is 89.5 Å². The molecule has 0 fully saturated rings. The summed E-state index contributed by atoms with van der Waals surface area (Å²) >= 11 is 3.40. The summed E-state index contributed by atoms with van der Waals surface area (Å²) < 4.78 is 29.5. The average Bonchev–Trinajstić information content (AvgIpc) is 2.79. The molecule has 3 rings (SSSR count). The minimum Gasteiger partial charge on any atom is -0.759 e. The van der Waals surface area contributed by atoms with Gasteiger partial charge in [-0.25, -0.2) is 8.42 Å². The van der Waals surface area contributed by atoms with Gasteiger partial charge in [0.1, 0.15) is 0 Å². The monoisotopic (exact) mass is 552 g/mol. The Balaban J connectivity index is 0.00000408. The maximum Gasteiger partial charge on any atom is 1.00 e. The van der Waals surface area contributed by atoms with Crippen molar-refractivity contribution in [3.63, 3.8) is 0 Å². The molecule has 0 heterocycles. The number of nitrogens with one attached hydrogen (secondary N) is 1. The Morgan fingerprint density at radius 3 is 1.79 bits per heavy atom. The van der Waals surface area contributed by atoms with Crippen LogP contribution in [0.5, 0.6) is 0 Å². The van der Waals surface area contributed by atoms with Crippen LogP contribution in [0.2, 0.25) is 0 Å². The molecule has 0 unspecified atom stereocenters. The molecule has 0 radical (unpaired) electrons. The van der Waals surface area contributed by atoms with Gasteiger partial charge in [0, 0.05) is 23.1 Å². The Morgan fingerprint density at radius 1 is 0.882 bits per heavy atom. The number of amides is 1. The van der Waals surface area contributed by atoms with E-state index in [4.69, 9.17) is 0 Å². The van der Waals surface area contributed by atoms with Crippen LogP contribution in [-0.4, -0.2) is 18.6 Å². The normalized spacial score (nSPS) is 11.7. The molecule has 0 aliphatic carbocycles. The number of hydrogen-bond donors (Lipinski definition) is 1. The van der Waals surface area contributed by atoms with Crippen LogP contribution >= 0.6 is 15.9 Å². The van der Waals surface area contributed by atoms with E-state index in [0.717, 1.165) is 15.6 Å². The first kappa shape index (κ1) is 28.7. The molecule has 0 aliphatic rings. The van der Waals surface area contributed by atoms with Gasteiger partial charge in [-0.1, -0.05) is 73.1 Å². The van der Waals surface area contributed by atoms with Crippen LogP contribution in [0, 0.1) is 5.21 Å². The van der Waals surface area contributed by atoms with E-state index in [0.29, 0.717) is 5.56 Å². The van der Waals surface area contributed by atoms with Crippen LogP contribution in [0.15, 0.2) is 82.2 Å². The molecule has 1 amide bonds. The quantitative estimate of drug-likeness (QED) is 0.360. The minimum absolute atomic E-state index is 0. The summed E-state index contributed by atoms with van der Waals surface area (Å²) in [5, 5.41) is 10.6. The van der Waals surface area contributed by atoms with E-state index >= 15 is 0 Å². The van der Waals surface area contributed by atoms with E-state index in [1.165, 1.54) is 21.9 Å². The van der Waals surface area contributed by atoms with Crippen LogP contribution in [-0.2, 0) is 28.5 Å². The smallest absolute Gasteiger partial charge is 0.759 e. The molecule has 0 aromatic heterocycles. The van der Waals surface area contributed by atoms with Gasteiger partial charge in [-0.2, -0.15) is 4.31 Å². The van der Waals surface area contributed by atoms with E-state index in [9.17, 15) is 18.4 Å². The van der Waals surface area contributed by atoms with Gasteiger partial charge in [0.05, 0.1) is 4.90 Å². The van der Waals surface area contributed by atoms with Crippen LogP contribution < -0.4 is 35.0 Å². The summed E-state index contributed by atoms with van der Waals surface area (Å²) in [7, 11) is -3.81. The van der Waals surface area contributed by atoms with Crippen molar-refractivity contribution < 1.29 is 42.8 Å². The number of sulfonamides is 1. The van der Waals surface area contributed by atoms with E-state index in [-0.39, 0.29) is 58.5 Å². The van der Waals surface area contributed by atoms with Gasteiger partial charge in [0.2, 0.25) is 15.9 Å². The van der Waals surface area contributed by atoms with E-state index in [1.807, 2.05) is 36.4 Å². The maximum atomic E-state index is 13.6. The Bertz CT molecular complexity index is 1210. The first-order chi connectivity index (χ1) is 15.5. The van der Waals surface area contributed by atoms with Gasteiger partial charge in [-0.15, -0.1) is 0 Å². The molecule has 0 saturated carbocycles. The third-order valence-electron chi connectivity index (χ3n) is 5.30. The predicted octanol–water partition coefficient (Wildman–Crippen LogP) is 2.37. The maximum absolute atomic E-state index is 13.6. The number of halogens is 1. The molecular formula is C25H26BrN2NaO4S. The number of benzene rings is 3. The van der Waals surface area contributed by atoms with E-state index in [2.05, 4.69) is 36.7 Å². The molecule has 0 bridgehead atoms. The van der Waals surface area contributed by atoms with Gasteiger partial charge in [0.25, 0.3) is 0 Å². The second kappa shape index (κ2) is 11.9. The zero-order valence-corrected chi connectivity index (χ0v) is 24.1. The molecule has 6 nitrogen and oxygen atoms in total. The summed E-state index contributed by atoms with van der Waals surface area (Å²) in [5.41, 5.74) is 4.06.